The third-order valence-electron chi connectivity index (χ3n) is 2.03. The van der Waals surface area contributed by atoms with E-state index in [1.807, 2.05) is 0 Å². The fourth-order valence-electron chi connectivity index (χ4n) is 1.13. The molecule has 0 aromatic carbocycles. The van der Waals surface area contributed by atoms with E-state index >= 15 is 0 Å². The maximum atomic E-state index is 9.62. The van der Waals surface area contributed by atoms with Crippen molar-refractivity contribution in [2.75, 3.05) is 19.0 Å². The lowest BCUT2D eigenvalue weighted by molar-refractivity contribution is 0.00386. The molecule has 1 aromatic heterocycles. The third kappa shape index (κ3) is 3.12. The highest BCUT2D eigenvalue weighted by Gasteiger charge is 2.18. The van der Waals surface area contributed by atoms with Gasteiger partial charge in [0.1, 0.15) is 6.10 Å². The van der Waals surface area contributed by atoms with Crippen LogP contribution in [0.15, 0.2) is 12.4 Å². The molecule has 0 bridgehead atoms. The molecule has 84 valence electrons. The number of nitrogens with zero attached hydrogens (tertiary/aromatic N) is 2. The highest BCUT2D eigenvalue weighted by Crippen LogP contribution is 2.17. The van der Waals surface area contributed by atoms with Crippen LogP contribution in [-0.4, -0.2) is 45.0 Å². The molecule has 0 spiro atoms. The summed E-state index contributed by atoms with van der Waals surface area (Å²) < 4.78 is 0. The van der Waals surface area contributed by atoms with Gasteiger partial charge in [0.2, 0.25) is 5.95 Å². The van der Waals surface area contributed by atoms with Gasteiger partial charge >= 0.3 is 0 Å². The van der Waals surface area contributed by atoms with Gasteiger partial charge in [-0.2, -0.15) is 0 Å². The zero-order valence-corrected chi connectivity index (χ0v) is 8.46. The van der Waals surface area contributed by atoms with Crippen LogP contribution in [0.1, 0.15) is 18.1 Å². The van der Waals surface area contributed by atoms with Crippen LogP contribution in [0.3, 0.4) is 0 Å². The number of rotatable bonds is 5. The topological polar surface area (TPSA) is 98.5 Å². The average Bonchev–Trinajstić information content (AvgIpc) is 2.28. The van der Waals surface area contributed by atoms with Crippen LogP contribution >= 0.6 is 0 Å². The number of hydrogen-bond acceptors (Lipinski definition) is 6. The van der Waals surface area contributed by atoms with Gasteiger partial charge in [0.15, 0.2) is 0 Å². The summed E-state index contributed by atoms with van der Waals surface area (Å²) in [7, 11) is 1.69. The van der Waals surface area contributed by atoms with E-state index in [9.17, 15) is 10.2 Å². The highest BCUT2D eigenvalue weighted by atomic mass is 16.3. The second-order valence-electron chi connectivity index (χ2n) is 3.11. The molecule has 2 atom stereocenters. The van der Waals surface area contributed by atoms with Crippen LogP contribution in [0.2, 0.25) is 0 Å². The third-order valence-corrected chi connectivity index (χ3v) is 2.03. The van der Waals surface area contributed by atoms with Gasteiger partial charge in [0.05, 0.1) is 6.10 Å². The molecule has 0 saturated heterocycles. The van der Waals surface area contributed by atoms with Gasteiger partial charge in [-0.25, -0.2) is 9.97 Å². The van der Waals surface area contributed by atoms with Crippen LogP contribution in [0.25, 0.3) is 0 Å². The molecule has 1 aromatic rings. The molecular weight excluding hydrogens is 198 g/mol. The van der Waals surface area contributed by atoms with Crippen LogP contribution < -0.4 is 5.32 Å². The average molecular weight is 213 g/mol. The fourth-order valence-corrected chi connectivity index (χ4v) is 1.13. The molecule has 0 aliphatic rings. The Morgan fingerprint density at radius 1 is 1.33 bits per heavy atom. The molecule has 0 aliphatic carbocycles. The summed E-state index contributed by atoms with van der Waals surface area (Å²) in [6.07, 6.45) is 0.922. The van der Waals surface area contributed by atoms with Crippen molar-refractivity contribution in [3.05, 3.63) is 18.0 Å². The van der Waals surface area contributed by atoms with E-state index in [2.05, 4.69) is 15.3 Å². The van der Waals surface area contributed by atoms with Crippen molar-refractivity contribution in [3.8, 4) is 0 Å². The summed E-state index contributed by atoms with van der Waals surface area (Å²) >= 11 is 0. The van der Waals surface area contributed by atoms with E-state index in [4.69, 9.17) is 5.11 Å². The van der Waals surface area contributed by atoms with Crippen molar-refractivity contribution in [2.24, 2.45) is 0 Å². The summed E-state index contributed by atoms with van der Waals surface area (Å²) in [5.41, 5.74) is 0.426. The first-order valence-corrected chi connectivity index (χ1v) is 4.65. The van der Waals surface area contributed by atoms with Crippen molar-refractivity contribution < 1.29 is 15.3 Å². The van der Waals surface area contributed by atoms with Gasteiger partial charge < -0.3 is 20.6 Å². The number of hydrogen-bond donors (Lipinski definition) is 4. The predicted molar refractivity (Wildman–Crippen MR) is 54.2 cm³/mol. The van der Waals surface area contributed by atoms with E-state index in [1.54, 1.807) is 7.05 Å². The van der Waals surface area contributed by atoms with Crippen molar-refractivity contribution in [3.63, 3.8) is 0 Å². The molecule has 1 rings (SSSR count). The van der Waals surface area contributed by atoms with E-state index in [-0.39, 0.29) is 13.0 Å². The molecule has 2 unspecified atom stereocenters. The Morgan fingerprint density at radius 2 is 1.93 bits per heavy atom. The minimum atomic E-state index is -1.07. The van der Waals surface area contributed by atoms with Gasteiger partial charge in [0, 0.05) is 31.6 Å². The van der Waals surface area contributed by atoms with Crippen LogP contribution in [0, 0.1) is 0 Å². The minimum absolute atomic E-state index is 0.120. The smallest absolute Gasteiger partial charge is 0.222 e. The summed E-state index contributed by atoms with van der Waals surface area (Å²) in [5.74, 6) is 0.447. The minimum Gasteiger partial charge on any atom is -0.396 e. The van der Waals surface area contributed by atoms with Gasteiger partial charge in [-0.1, -0.05) is 0 Å². The Hall–Kier alpha value is -1.24. The maximum Gasteiger partial charge on any atom is 0.222 e. The molecule has 6 nitrogen and oxygen atoms in total. The lowest BCUT2D eigenvalue weighted by atomic mass is 10.1. The Bertz CT molecular complexity index is 291. The molecule has 4 N–H and O–H groups in total. The number of aliphatic hydroxyl groups excluding tert-OH is 3. The molecule has 0 radical (unpaired) electrons. The monoisotopic (exact) mass is 213 g/mol. The predicted octanol–water partition coefficient (Wildman–Crippen LogP) is -0.705. The molecule has 0 saturated carbocycles. The second kappa shape index (κ2) is 5.59. The van der Waals surface area contributed by atoms with Gasteiger partial charge in [0.25, 0.3) is 0 Å². The first-order valence-electron chi connectivity index (χ1n) is 4.65. The second-order valence-corrected chi connectivity index (χ2v) is 3.11. The fraction of sp³-hybridized carbons (Fsp3) is 0.556. The SMILES string of the molecule is CNc1ncc(C(O)C(O)CCO)cn1. The molecule has 15 heavy (non-hydrogen) atoms. The van der Waals surface area contributed by atoms with Gasteiger partial charge in [-0.3, -0.25) is 0 Å². The summed E-state index contributed by atoms with van der Waals surface area (Å²) in [6, 6.07) is 0. The van der Waals surface area contributed by atoms with E-state index in [0.717, 1.165) is 0 Å². The van der Waals surface area contributed by atoms with Crippen LogP contribution in [0.5, 0.6) is 0 Å². The maximum absolute atomic E-state index is 9.62. The van der Waals surface area contributed by atoms with Crippen molar-refractivity contribution in [2.45, 2.75) is 18.6 Å². The number of nitrogens with one attached hydrogen (secondary N) is 1. The van der Waals surface area contributed by atoms with Crippen molar-refractivity contribution >= 4 is 5.95 Å². The lowest BCUT2D eigenvalue weighted by Crippen LogP contribution is -2.20. The summed E-state index contributed by atoms with van der Waals surface area (Å²) in [6.45, 7) is -0.173. The van der Waals surface area contributed by atoms with Crippen molar-refractivity contribution in [1.82, 2.24) is 9.97 Å². The molecule has 6 heteroatoms. The van der Waals surface area contributed by atoms with Gasteiger partial charge in [-0.15, -0.1) is 0 Å². The largest absolute Gasteiger partial charge is 0.396 e. The zero-order chi connectivity index (χ0) is 11.3. The standard InChI is InChI=1S/C9H15N3O3/c1-10-9-11-4-6(5-12-9)8(15)7(14)2-3-13/h4-5,7-8,13-15H,2-3H2,1H3,(H,10,11,12). The Balaban J connectivity index is 2.69. The molecule has 0 aliphatic heterocycles. The Morgan fingerprint density at radius 3 is 2.40 bits per heavy atom. The molecule has 1 heterocycles. The van der Waals surface area contributed by atoms with E-state index < -0.39 is 12.2 Å². The number of aromatic nitrogens is 2. The van der Waals surface area contributed by atoms with Gasteiger partial charge in [-0.05, 0) is 6.42 Å². The summed E-state index contributed by atoms with van der Waals surface area (Å²) in [4.78, 5) is 7.81. The zero-order valence-electron chi connectivity index (χ0n) is 8.46. The van der Waals surface area contributed by atoms with E-state index in [0.29, 0.717) is 11.5 Å². The number of anilines is 1. The molecule has 0 amide bonds. The van der Waals surface area contributed by atoms with E-state index in [1.165, 1.54) is 12.4 Å². The quantitative estimate of drug-likeness (QED) is 0.516. The highest BCUT2D eigenvalue weighted by molar-refractivity contribution is 5.24. The normalized spacial score (nSPS) is 14.7. The van der Waals surface area contributed by atoms with Crippen molar-refractivity contribution in [1.29, 1.82) is 0 Å². The first-order chi connectivity index (χ1) is 7.19. The first kappa shape index (κ1) is 11.8. The number of aliphatic hydroxyl groups is 3. The Labute approximate surface area is 87.6 Å². The van der Waals surface area contributed by atoms with Crippen LogP contribution in [-0.2, 0) is 0 Å². The van der Waals surface area contributed by atoms with Crippen LogP contribution in [0.4, 0.5) is 5.95 Å². The molecule has 0 fully saturated rings. The summed E-state index contributed by atoms with van der Waals surface area (Å²) in [5, 5.41) is 30.4. The lowest BCUT2D eigenvalue weighted by Gasteiger charge is -2.16. The molecular formula is C9H15N3O3. The Kier molecular flexibility index (Phi) is 4.41.